The van der Waals surface area contributed by atoms with Crippen LogP contribution in [0.4, 0.5) is 0 Å². The number of halogens is 2. The van der Waals surface area contributed by atoms with Gasteiger partial charge in [-0.3, -0.25) is 5.43 Å². The summed E-state index contributed by atoms with van der Waals surface area (Å²) in [5.41, 5.74) is 4.72. The standard InChI is InChI=1S/C18H19Cl2N3O2S/c1-9(2)11-6-12(16(25)7-15(11)24)17-21-22-18(26)23(17)8-10-3-4-13(19)14(20)5-10/h3-7,9,18,22,24-26H,8H2,1-2H3. The number of thiol groups is 1. The van der Waals surface area contributed by atoms with Crippen LogP contribution in [0, 0.1) is 0 Å². The van der Waals surface area contributed by atoms with E-state index in [0.29, 0.717) is 28.0 Å². The lowest BCUT2D eigenvalue weighted by molar-refractivity contribution is 0.386. The van der Waals surface area contributed by atoms with Crippen molar-refractivity contribution in [1.29, 1.82) is 0 Å². The Bertz CT molecular complexity index is 874. The van der Waals surface area contributed by atoms with Crippen LogP contribution in [0.5, 0.6) is 11.5 Å². The zero-order valence-electron chi connectivity index (χ0n) is 14.2. The molecule has 0 radical (unpaired) electrons. The van der Waals surface area contributed by atoms with Gasteiger partial charge in [0, 0.05) is 12.6 Å². The molecule has 1 unspecified atom stereocenters. The molecular formula is C18H19Cl2N3O2S. The van der Waals surface area contributed by atoms with E-state index in [1.54, 1.807) is 18.2 Å². The maximum atomic E-state index is 10.3. The first-order valence-corrected chi connectivity index (χ1v) is 9.33. The summed E-state index contributed by atoms with van der Waals surface area (Å²) < 4.78 is 0. The minimum Gasteiger partial charge on any atom is -0.508 e. The Morgan fingerprint density at radius 1 is 1.15 bits per heavy atom. The number of phenolic OH excluding ortho intramolecular Hbond substituents is 2. The van der Waals surface area contributed by atoms with Crippen molar-refractivity contribution in [3.05, 3.63) is 57.1 Å². The number of hydrogen-bond acceptors (Lipinski definition) is 6. The Kier molecular flexibility index (Phi) is 5.46. The second kappa shape index (κ2) is 7.47. The Morgan fingerprint density at radius 2 is 1.88 bits per heavy atom. The van der Waals surface area contributed by atoms with E-state index in [1.165, 1.54) is 6.07 Å². The molecule has 138 valence electrons. The zero-order chi connectivity index (χ0) is 19.0. The molecule has 0 fully saturated rings. The molecule has 2 aromatic carbocycles. The maximum absolute atomic E-state index is 10.3. The number of hydrogen-bond donors (Lipinski definition) is 4. The molecule has 0 saturated carbocycles. The Labute approximate surface area is 167 Å². The van der Waals surface area contributed by atoms with E-state index in [0.717, 1.165) is 11.1 Å². The second-order valence-corrected chi connectivity index (χ2v) is 7.70. The fourth-order valence-electron chi connectivity index (χ4n) is 2.82. The molecule has 2 aromatic rings. The van der Waals surface area contributed by atoms with Gasteiger partial charge in [0.05, 0.1) is 15.6 Å². The van der Waals surface area contributed by atoms with Gasteiger partial charge < -0.3 is 15.1 Å². The third-order valence-electron chi connectivity index (χ3n) is 4.20. The van der Waals surface area contributed by atoms with Gasteiger partial charge in [-0.05, 0) is 35.2 Å². The predicted octanol–water partition coefficient (Wildman–Crippen LogP) is 4.51. The zero-order valence-corrected chi connectivity index (χ0v) is 16.6. The number of nitrogens with one attached hydrogen (secondary N) is 1. The average Bonchev–Trinajstić information content (AvgIpc) is 2.91. The molecule has 0 saturated heterocycles. The van der Waals surface area contributed by atoms with Crippen LogP contribution in [0.1, 0.15) is 36.5 Å². The molecule has 26 heavy (non-hydrogen) atoms. The van der Waals surface area contributed by atoms with Crippen molar-refractivity contribution in [2.45, 2.75) is 31.8 Å². The topological polar surface area (TPSA) is 68.1 Å². The van der Waals surface area contributed by atoms with Crippen molar-refractivity contribution in [1.82, 2.24) is 10.3 Å². The van der Waals surface area contributed by atoms with Crippen molar-refractivity contribution < 1.29 is 10.2 Å². The molecular weight excluding hydrogens is 393 g/mol. The van der Waals surface area contributed by atoms with Crippen LogP contribution in [0.25, 0.3) is 0 Å². The van der Waals surface area contributed by atoms with Crippen LogP contribution >= 0.6 is 35.8 Å². The highest BCUT2D eigenvalue weighted by atomic mass is 35.5. The van der Waals surface area contributed by atoms with Crippen LogP contribution in [-0.2, 0) is 6.54 Å². The molecule has 1 aliphatic heterocycles. The molecule has 0 aromatic heterocycles. The van der Waals surface area contributed by atoms with E-state index in [1.807, 2.05) is 24.8 Å². The molecule has 1 heterocycles. The van der Waals surface area contributed by atoms with Gasteiger partial charge in [-0.2, -0.15) is 5.10 Å². The first kappa shape index (κ1) is 19.0. The van der Waals surface area contributed by atoms with Gasteiger partial charge in [-0.15, -0.1) is 12.6 Å². The number of amidine groups is 1. The summed E-state index contributed by atoms with van der Waals surface area (Å²) in [4.78, 5) is 1.89. The summed E-state index contributed by atoms with van der Waals surface area (Å²) in [6.45, 7) is 4.41. The summed E-state index contributed by atoms with van der Waals surface area (Å²) in [7, 11) is 0. The van der Waals surface area contributed by atoms with Crippen LogP contribution < -0.4 is 5.43 Å². The van der Waals surface area contributed by atoms with E-state index in [2.05, 4.69) is 23.2 Å². The SMILES string of the molecule is CC(C)c1cc(C2=NNC(S)N2Cc2ccc(Cl)c(Cl)c2)c(O)cc1O. The van der Waals surface area contributed by atoms with E-state index >= 15 is 0 Å². The van der Waals surface area contributed by atoms with E-state index in [-0.39, 0.29) is 22.9 Å². The quantitative estimate of drug-likeness (QED) is 0.558. The van der Waals surface area contributed by atoms with Gasteiger partial charge in [-0.1, -0.05) is 43.1 Å². The number of phenols is 2. The molecule has 0 spiro atoms. The van der Waals surface area contributed by atoms with Crippen molar-refractivity contribution >= 4 is 41.7 Å². The van der Waals surface area contributed by atoms with Gasteiger partial charge in [0.1, 0.15) is 11.5 Å². The fraction of sp³-hybridized carbons (Fsp3) is 0.278. The highest BCUT2D eigenvalue weighted by molar-refractivity contribution is 7.80. The Balaban J connectivity index is 1.96. The smallest absolute Gasteiger partial charge is 0.162 e. The van der Waals surface area contributed by atoms with Crippen molar-refractivity contribution in [2.75, 3.05) is 0 Å². The van der Waals surface area contributed by atoms with E-state index in [4.69, 9.17) is 23.2 Å². The van der Waals surface area contributed by atoms with Crippen molar-refractivity contribution in [2.24, 2.45) is 5.10 Å². The fourth-order valence-corrected chi connectivity index (χ4v) is 3.38. The lowest BCUT2D eigenvalue weighted by atomic mass is 9.98. The summed E-state index contributed by atoms with van der Waals surface area (Å²) >= 11 is 16.6. The summed E-state index contributed by atoms with van der Waals surface area (Å²) in [6, 6.07) is 8.50. The van der Waals surface area contributed by atoms with Gasteiger partial charge in [-0.25, -0.2) is 0 Å². The number of hydrazone groups is 1. The molecule has 0 bridgehead atoms. The predicted molar refractivity (Wildman–Crippen MR) is 108 cm³/mol. The molecule has 0 aliphatic carbocycles. The number of aromatic hydroxyl groups is 2. The largest absolute Gasteiger partial charge is 0.508 e. The average molecular weight is 412 g/mol. The van der Waals surface area contributed by atoms with Crippen molar-refractivity contribution in [3.8, 4) is 11.5 Å². The van der Waals surface area contributed by atoms with Crippen LogP contribution in [0.15, 0.2) is 35.4 Å². The Hall–Kier alpha value is -1.76. The molecule has 8 heteroatoms. The Morgan fingerprint density at radius 3 is 2.54 bits per heavy atom. The molecule has 1 atom stereocenters. The molecule has 3 N–H and O–H groups in total. The molecule has 3 rings (SSSR count). The lowest BCUT2D eigenvalue weighted by Gasteiger charge is -2.25. The minimum absolute atomic E-state index is 0.0472. The minimum atomic E-state index is -0.366. The third kappa shape index (κ3) is 3.68. The second-order valence-electron chi connectivity index (χ2n) is 6.40. The lowest BCUT2D eigenvalue weighted by Crippen LogP contribution is -2.36. The summed E-state index contributed by atoms with van der Waals surface area (Å²) in [6.07, 6.45) is 0. The number of nitrogens with zero attached hydrogens (tertiary/aromatic N) is 2. The van der Waals surface area contributed by atoms with Gasteiger partial charge >= 0.3 is 0 Å². The maximum Gasteiger partial charge on any atom is 0.162 e. The number of rotatable bonds is 4. The van der Waals surface area contributed by atoms with Gasteiger partial charge in [0.25, 0.3) is 0 Å². The van der Waals surface area contributed by atoms with Crippen LogP contribution in [0.2, 0.25) is 10.0 Å². The molecule has 1 aliphatic rings. The highest BCUT2D eigenvalue weighted by Crippen LogP contribution is 2.34. The summed E-state index contributed by atoms with van der Waals surface area (Å²) in [5, 5.41) is 25.7. The van der Waals surface area contributed by atoms with E-state index in [9.17, 15) is 10.2 Å². The van der Waals surface area contributed by atoms with Gasteiger partial charge in [0.15, 0.2) is 11.3 Å². The normalized spacial score (nSPS) is 16.8. The third-order valence-corrected chi connectivity index (χ3v) is 5.33. The first-order chi connectivity index (χ1) is 12.3. The molecule has 0 amide bonds. The van der Waals surface area contributed by atoms with Crippen LogP contribution in [-0.4, -0.2) is 26.4 Å². The van der Waals surface area contributed by atoms with Crippen molar-refractivity contribution in [3.63, 3.8) is 0 Å². The van der Waals surface area contributed by atoms with Crippen LogP contribution in [0.3, 0.4) is 0 Å². The van der Waals surface area contributed by atoms with Gasteiger partial charge in [0.2, 0.25) is 0 Å². The summed E-state index contributed by atoms with van der Waals surface area (Å²) in [5.74, 6) is 0.649. The molecule has 5 nitrogen and oxygen atoms in total. The highest BCUT2D eigenvalue weighted by Gasteiger charge is 2.29. The number of benzene rings is 2. The monoisotopic (exact) mass is 411 g/mol. The first-order valence-electron chi connectivity index (χ1n) is 8.06. The van der Waals surface area contributed by atoms with E-state index < -0.39 is 0 Å².